The first-order valence-electron chi connectivity index (χ1n) is 6.01. The van der Waals surface area contributed by atoms with Crippen LogP contribution in [0.1, 0.15) is 15.9 Å². The largest absolute Gasteiger partial charge is 0.504 e. The maximum Gasteiger partial charge on any atom is 0.251 e. The second-order valence-corrected chi connectivity index (χ2v) is 4.19. The molecule has 0 aliphatic rings. The van der Waals surface area contributed by atoms with Crippen LogP contribution in [0, 0.1) is 0 Å². The highest BCUT2D eigenvalue weighted by atomic mass is 16.3. The SMILES string of the molecule is O=C(NCCc1ccccc1)c1ccc(O)c(O)c1. The van der Waals surface area contributed by atoms with E-state index < -0.39 is 0 Å². The number of hydrogen-bond acceptors (Lipinski definition) is 3. The Hall–Kier alpha value is -2.49. The van der Waals surface area contributed by atoms with E-state index in [0.29, 0.717) is 12.1 Å². The fraction of sp³-hybridized carbons (Fsp3) is 0.133. The van der Waals surface area contributed by atoms with E-state index in [4.69, 9.17) is 5.11 Å². The number of rotatable bonds is 4. The summed E-state index contributed by atoms with van der Waals surface area (Å²) >= 11 is 0. The molecule has 0 saturated carbocycles. The Morgan fingerprint density at radius 2 is 1.74 bits per heavy atom. The third kappa shape index (κ3) is 3.48. The second kappa shape index (κ2) is 5.91. The van der Waals surface area contributed by atoms with Gasteiger partial charge in [0.15, 0.2) is 11.5 Å². The molecule has 0 saturated heterocycles. The Kier molecular flexibility index (Phi) is 4.03. The zero-order valence-electron chi connectivity index (χ0n) is 10.3. The summed E-state index contributed by atoms with van der Waals surface area (Å²) in [5, 5.41) is 21.3. The predicted molar refractivity (Wildman–Crippen MR) is 72.3 cm³/mol. The van der Waals surface area contributed by atoms with Gasteiger partial charge in [-0.05, 0) is 30.2 Å². The molecule has 2 aromatic carbocycles. The normalized spacial score (nSPS) is 10.1. The van der Waals surface area contributed by atoms with Gasteiger partial charge in [0, 0.05) is 12.1 Å². The van der Waals surface area contributed by atoms with Gasteiger partial charge in [-0.15, -0.1) is 0 Å². The molecule has 3 N–H and O–H groups in total. The molecule has 0 aromatic heterocycles. The van der Waals surface area contributed by atoms with E-state index in [1.807, 2.05) is 30.3 Å². The van der Waals surface area contributed by atoms with Crippen molar-refractivity contribution in [2.75, 3.05) is 6.54 Å². The highest BCUT2D eigenvalue weighted by Gasteiger charge is 2.08. The van der Waals surface area contributed by atoms with Crippen LogP contribution in [0.3, 0.4) is 0 Å². The molecule has 4 nitrogen and oxygen atoms in total. The minimum Gasteiger partial charge on any atom is -0.504 e. The highest BCUT2D eigenvalue weighted by Crippen LogP contribution is 2.24. The van der Waals surface area contributed by atoms with Gasteiger partial charge in [0.2, 0.25) is 0 Å². The number of amides is 1. The van der Waals surface area contributed by atoms with Crippen LogP contribution in [0.25, 0.3) is 0 Å². The second-order valence-electron chi connectivity index (χ2n) is 4.19. The standard InChI is InChI=1S/C15H15NO3/c17-13-7-6-12(10-14(13)18)15(19)16-9-8-11-4-2-1-3-5-11/h1-7,10,17-18H,8-9H2,(H,16,19). The fourth-order valence-electron chi connectivity index (χ4n) is 1.73. The van der Waals surface area contributed by atoms with E-state index in [0.717, 1.165) is 12.0 Å². The molecule has 0 aliphatic carbocycles. The molecular formula is C15H15NO3. The van der Waals surface area contributed by atoms with E-state index in [1.54, 1.807) is 0 Å². The van der Waals surface area contributed by atoms with E-state index in [2.05, 4.69) is 5.32 Å². The van der Waals surface area contributed by atoms with Crippen LogP contribution in [-0.4, -0.2) is 22.7 Å². The number of carbonyl (C=O) groups excluding carboxylic acids is 1. The lowest BCUT2D eigenvalue weighted by Crippen LogP contribution is -2.25. The minimum atomic E-state index is -0.296. The van der Waals surface area contributed by atoms with Crippen molar-refractivity contribution in [3.8, 4) is 11.5 Å². The Labute approximate surface area is 111 Å². The molecule has 0 heterocycles. The van der Waals surface area contributed by atoms with Crippen LogP contribution in [0.2, 0.25) is 0 Å². The number of phenolic OH excluding ortho intramolecular Hbond substituents is 2. The molecule has 0 bridgehead atoms. The van der Waals surface area contributed by atoms with E-state index in [9.17, 15) is 9.90 Å². The molecule has 0 spiro atoms. The molecule has 0 unspecified atom stereocenters. The molecule has 4 heteroatoms. The summed E-state index contributed by atoms with van der Waals surface area (Å²) in [7, 11) is 0. The third-order valence-corrected chi connectivity index (χ3v) is 2.78. The quantitative estimate of drug-likeness (QED) is 0.734. The molecule has 0 radical (unpaired) electrons. The lowest BCUT2D eigenvalue weighted by atomic mass is 10.1. The molecule has 0 aliphatic heterocycles. The van der Waals surface area contributed by atoms with E-state index in [-0.39, 0.29) is 17.4 Å². The average Bonchev–Trinajstić information content (AvgIpc) is 2.43. The number of benzene rings is 2. The van der Waals surface area contributed by atoms with Gasteiger partial charge in [0.05, 0.1) is 0 Å². The summed E-state index contributed by atoms with van der Waals surface area (Å²) in [6.07, 6.45) is 0.747. The van der Waals surface area contributed by atoms with Crippen molar-refractivity contribution in [2.45, 2.75) is 6.42 Å². The van der Waals surface area contributed by atoms with Crippen LogP contribution < -0.4 is 5.32 Å². The average molecular weight is 257 g/mol. The third-order valence-electron chi connectivity index (χ3n) is 2.78. The van der Waals surface area contributed by atoms with Crippen molar-refractivity contribution >= 4 is 5.91 Å². The first-order chi connectivity index (χ1) is 9.16. The number of carbonyl (C=O) groups is 1. The van der Waals surface area contributed by atoms with Crippen molar-refractivity contribution in [1.82, 2.24) is 5.32 Å². The summed E-state index contributed by atoms with van der Waals surface area (Å²) in [6.45, 7) is 0.518. The summed E-state index contributed by atoms with van der Waals surface area (Å²) in [5.74, 6) is -0.803. The van der Waals surface area contributed by atoms with Crippen molar-refractivity contribution in [2.24, 2.45) is 0 Å². The minimum absolute atomic E-state index is 0.235. The van der Waals surface area contributed by atoms with Gasteiger partial charge >= 0.3 is 0 Å². The maximum atomic E-state index is 11.8. The van der Waals surface area contributed by atoms with E-state index >= 15 is 0 Å². The Morgan fingerprint density at radius 3 is 2.42 bits per heavy atom. The number of phenols is 2. The molecule has 1 amide bonds. The lowest BCUT2D eigenvalue weighted by Gasteiger charge is -2.06. The molecule has 19 heavy (non-hydrogen) atoms. The summed E-state index contributed by atoms with van der Waals surface area (Å²) < 4.78 is 0. The molecule has 98 valence electrons. The zero-order valence-corrected chi connectivity index (χ0v) is 10.3. The monoisotopic (exact) mass is 257 g/mol. The molecule has 0 atom stereocenters. The maximum absolute atomic E-state index is 11.8. The van der Waals surface area contributed by atoms with Gasteiger partial charge in [-0.1, -0.05) is 30.3 Å². The topological polar surface area (TPSA) is 69.6 Å². The Morgan fingerprint density at radius 1 is 1.00 bits per heavy atom. The van der Waals surface area contributed by atoms with Crippen molar-refractivity contribution < 1.29 is 15.0 Å². The Balaban J connectivity index is 1.89. The first kappa shape index (κ1) is 13.0. The zero-order chi connectivity index (χ0) is 13.7. The van der Waals surface area contributed by atoms with E-state index in [1.165, 1.54) is 18.2 Å². The fourth-order valence-corrected chi connectivity index (χ4v) is 1.73. The van der Waals surface area contributed by atoms with Gasteiger partial charge in [0.1, 0.15) is 0 Å². The smallest absolute Gasteiger partial charge is 0.251 e. The van der Waals surface area contributed by atoms with Crippen molar-refractivity contribution in [1.29, 1.82) is 0 Å². The van der Waals surface area contributed by atoms with Crippen LogP contribution in [-0.2, 0) is 6.42 Å². The summed E-state index contributed by atoms with van der Waals surface area (Å²) in [5.41, 5.74) is 1.47. The molecular weight excluding hydrogens is 242 g/mol. The van der Waals surface area contributed by atoms with Crippen LogP contribution in [0.4, 0.5) is 0 Å². The summed E-state index contributed by atoms with van der Waals surface area (Å²) in [4.78, 5) is 11.8. The van der Waals surface area contributed by atoms with Gasteiger partial charge in [-0.25, -0.2) is 0 Å². The van der Waals surface area contributed by atoms with Gasteiger partial charge < -0.3 is 15.5 Å². The number of aromatic hydroxyl groups is 2. The highest BCUT2D eigenvalue weighted by molar-refractivity contribution is 5.94. The molecule has 2 aromatic rings. The van der Waals surface area contributed by atoms with Gasteiger partial charge in [-0.3, -0.25) is 4.79 Å². The molecule has 0 fully saturated rings. The molecule has 2 rings (SSSR count). The van der Waals surface area contributed by atoms with Crippen LogP contribution in [0.5, 0.6) is 11.5 Å². The van der Waals surface area contributed by atoms with Crippen LogP contribution >= 0.6 is 0 Å². The van der Waals surface area contributed by atoms with Gasteiger partial charge in [-0.2, -0.15) is 0 Å². The summed E-state index contributed by atoms with van der Waals surface area (Å²) in [6, 6.07) is 13.9. The van der Waals surface area contributed by atoms with Crippen molar-refractivity contribution in [3.05, 3.63) is 59.7 Å². The Bertz CT molecular complexity index is 567. The first-order valence-corrected chi connectivity index (χ1v) is 6.01. The number of nitrogens with one attached hydrogen (secondary N) is 1. The van der Waals surface area contributed by atoms with Crippen molar-refractivity contribution in [3.63, 3.8) is 0 Å². The van der Waals surface area contributed by atoms with Crippen LogP contribution in [0.15, 0.2) is 48.5 Å². The number of hydrogen-bond donors (Lipinski definition) is 3. The predicted octanol–water partition coefficient (Wildman–Crippen LogP) is 2.07. The van der Waals surface area contributed by atoms with Gasteiger partial charge in [0.25, 0.3) is 5.91 Å². The lowest BCUT2D eigenvalue weighted by molar-refractivity contribution is 0.0953.